The molecule has 6 aromatic carbocycles. The Morgan fingerprint density at radius 2 is 0.689 bits per heavy atom. The predicted octanol–water partition coefficient (Wildman–Crippen LogP) is 8.84. The summed E-state index contributed by atoms with van der Waals surface area (Å²) in [4.78, 5) is 0. The Hall–Kier alpha value is -4.98. The zero-order valence-electron chi connectivity index (χ0n) is 25.7. The summed E-state index contributed by atoms with van der Waals surface area (Å²) in [5.74, 6) is 0. The molecule has 0 saturated heterocycles. The van der Waals surface area contributed by atoms with Gasteiger partial charge in [-0.1, -0.05) is 191 Å². The summed E-state index contributed by atoms with van der Waals surface area (Å²) in [5, 5.41) is 2.70. The van der Waals surface area contributed by atoms with Crippen molar-refractivity contribution in [3.63, 3.8) is 0 Å². The van der Waals surface area contributed by atoms with Crippen LogP contribution >= 0.6 is 0 Å². The predicted molar refractivity (Wildman–Crippen MR) is 191 cm³/mol. The van der Waals surface area contributed by atoms with Gasteiger partial charge in [0.05, 0.1) is 10.8 Å². The summed E-state index contributed by atoms with van der Waals surface area (Å²) in [7, 11) is 0.588. The zero-order valence-corrected chi connectivity index (χ0v) is 26.7. The molecule has 0 amide bonds. The van der Waals surface area contributed by atoms with Crippen molar-refractivity contribution in [3.05, 3.63) is 213 Å². The van der Waals surface area contributed by atoms with Gasteiger partial charge in [-0.25, -0.2) is 0 Å². The second-order valence-corrected chi connectivity index (χ2v) is 13.7. The smallest absolute Gasteiger partial charge is 0.0628 e. The van der Waals surface area contributed by atoms with Gasteiger partial charge in [-0.2, -0.15) is 0 Å². The van der Waals surface area contributed by atoms with Crippen LogP contribution in [0.4, 0.5) is 0 Å². The molecule has 6 aromatic rings. The third kappa shape index (κ3) is 4.19. The Balaban J connectivity index is 1.14. The van der Waals surface area contributed by atoms with Crippen LogP contribution in [0.15, 0.2) is 169 Å². The summed E-state index contributed by atoms with van der Waals surface area (Å²) in [5.41, 5.74) is 12.8. The first-order valence-corrected chi connectivity index (χ1v) is 16.8. The fourth-order valence-electron chi connectivity index (χ4n) is 8.05. The summed E-state index contributed by atoms with van der Waals surface area (Å²) < 4.78 is 0. The van der Waals surface area contributed by atoms with Gasteiger partial charge in [-0.3, -0.25) is 0 Å². The average molecular weight is 591 g/mol. The van der Waals surface area contributed by atoms with Crippen molar-refractivity contribution in [1.82, 2.24) is 0 Å². The van der Waals surface area contributed by atoms with E-state index in [0.29, 0.717) is 9.52 Å². The van der Waals surface area contributed by atoms with Crippen LogP contribution < -0.4 is 10.4 Å². The number of rotatable bonds is 6. The number of hydrogen-bond acceptors (Lipinski definition) is 0. The average Bonchev–Trinajstić information content (AvgIpc) is 3.57. The molecule has 2 aliphatic rings. The second kappa shape index (κ2) is 10.9. The summed E-state index contributed by atoms with van der Waals surface area (Å²) >= 11 is 0. The van der Waals surface area contributed by atoms with Crippen molar-refractivity contribution < 1.29 is 0 Å². The van der Waals surface area contributed by atoms with Gasteiger partial charge < -0.3 is 0 Å². The van der Waals surface area contributed by atoms with Gasteiger partial charge in [0.25, 0.3) is 0 Å². The van der Waals surface area contributed by atoms with Gasteiger partial charge in [0.2, 0.25) is 0 Å². The highest BCUT2D eigenvalue weighted by Gasteiger charge is 2.43. The van der Waals surface area contributed by atoms with E-state index in [4.69, 9.17) is 0 Å². The third-order valence-electron chi connectivity index (χ3n) is 9.99. The topological polar surface area (TPSA) is 0 Å². The molecule has 2 unspecified atom stereocenters. The van der Waals surface area contributed by atoms with E-state index in [1.807, 2.05) is 0 Å². The Morgan fingerprint density at radius 1 is 0.356 bits per heavy atom. The Kier molecular flexibility index (Phi) is 6.66. The van der Waals surface area contributed by atoms with Gasteiger partial charge in [0.15, 0.2) is 0 Å². The van der Waals surface area contributed by atoms with E-state index in [1.54, 1.807) is 0 Å². The summed E-state index contributed by atoms with van der Waals surface area (Å²) in [6.45, 7) is 4.57. The molecule has 0 saturated carbocycles. The molecule has 214 valence electrons. The van der Waals surface area contributed by atoms with Crippen molar-refractivity contribution >= 4 is 32.0 Å². The molecule has 0 nitrogen and oxygen atoms in total. The third-order valence-corrected chi connectivity index (χ3v) is 11.2. The normalized spacial score (nSPS) is 19.9. The minimum Gasteiger partial charge on any atom is -0.0628 e. The van der Waals surface area contributed by atoms with Crippen LogP contribution in [0.1, 0.15) is 58.4 Å². The minimum absolute atomic E-state index is 0.268. The Bertz CT molecular complexity index is 1920. The lowest BCUT2D eigenvalue weighted by Crippen LogP contribution is -2.32. The first-order chi connectivity index (χ1) is 22.1. The molecule has 2 aliphatic carbocycles. The van der Waals surface area contributed by atoms with Crippen molar-refractivity contribution in [2.24, 2.45) is 0 Å². The van der Waals surface area contributed by atoms with Gasteiger partial charge >= 0.3 is 0 Å². The van der Waals surface area contributed by atoms with Crippen molar-refractivity contribution in [1.29, 1.82) is 0 Å². The molecule has 0 aliphatic heterocycles. The van der Waals surface area contributed by atoms with E-state index in [9.17, 15) is 0 Å². The van der Waals surface area contributed by atoms with Crippen LogP contribution in [0.5, 0.6) is 0 Å². The number of allylic oxidation sites excluding steroid dienone is 2. The second-order valence-electron chi connectivity index (χ2n) is 12.3. The van der Waals surface area contributed by atoms with E-state index in [2.05, 4.69) is 184 Å². The molecule has 0 bridgehead atoms. The molecule has 0 spiro atoms. The first kappa shape index (κ1) is 27.6. The van der Waals surface area contributed by atoms with Crippen molar-refractivity contribution in [3.8, 4) is 0 Å². The van der Waals surface area contributed by atoms with Crippen molar-refractivity contribution in [2.45, 2.75) is 24.7 Å². The number of fused-ring (bicyclic) bond motifs is 2. The maximum Gasteiger partial charge on any atom is 0.121 e. The standard InChI is InChI=1S/C44H34Si/c1-31-29-33-13-9-11-19-41(33)43(31,35-15-5-3-6-16-35)37-21-25-39(26-22-37)45-40-27-23-38(24-28-40)44(36-17-7-4-8-18-36)32(2)30-34-14-10-12-20-42(34)44/h3-30H,1-2H3. The molecule has 2 radical (unpaired) electrons. The van der Waals surface area contributed by atoms with Crippen molar-refractivity contribution in [2.75, 3.05) is 0 Å². The molecule has 0 fully saturated rings. The van der Waals surface area contributed by atoms with Crippen LogP contribution in [0.2, 0.25) is 0 Å². The molecular formula is C44H34Si. The van der Waals surface area contributed by atoms with Gasteiger partial charge in [0, 0.05) is 0 Å². The number of hydrogen-bond donors (Lipinski definition) is 0. The molecule has 1 heteroatoms. The lowest BCUT2D eigenvalue weighted by Gasteiger charge is -2.35. The highest BCUT2D eigenvalue weighted by Crippen LogP contribution is 2.52. The maximum atomic E-state index is 2.36. The molecular weight excluding hydrogens is 557 g/mol. The first-order valence-electron chi connectivity index (χ1n) is 15.8. The lowest BCUT2D eigenvalue weighted by atomic mass is 9.67. The molecule has 8 rings (SSSR count). The maximum absolute atomic E-state index is 2.36. The molecule has 0 heterocycles. The molecule has 2 atom stereocenters. The summed E-state index contributed by atoms with van der Waals surface area (Å²) in [6.07, 6.45) is 4.73. The highest BCUT2D eigenvalue weighted by atomic mass is 28.2. The van der Waals surface area contributed by atoms with Gasteiger partial charge in [-0.15, -0.1) is 0 Å². The monoisotopic (exact) mass is 590 g/mol. The van der Waals surface area contributed by atoms with Crippen LogP contribution in [0.3, 0.4) is 0 Å². The van der Waals surface area contributed by atoms with Gasteiger partial charge in [0.1, 0.15) is 9.52 Å². The van der Waals surface area contributed by atoms with E-state index in [1.165, 1.54) is 66.0 Å². The number of benzene rings is 6. The fraction of sp³-hybridized carbons (Fsp3) is 0.0909. The Labute approximate surface area is 269 Å². The quantitative estimate of drug-likeness (QED) is 0.170. The molecule has 45 heavy (non-hydrogen) atoms. The fourth-order valence-corrected chi connectivity index (χ4v) is 9.05. The largest absolute Gasteiger partial charge is 0.121 e. The zero-order chi connectivity index (χ0) is 30.4. The van der Waals surface area contributed by atoms with E-state index >= 15 is 0 Å². The van der Waals surface area contributed by atoms with Crippen LogP contribution in [0.25, 0.3) is 12.2 Å². The SMILES string of the molecule is CC1=Cc2ccccc2C1(c1ccccc1)c1ccc([Si]c2ccc(C3(c4ccccc4)C(C)=Cc4ccccc43)cc2)cc1. The van der Waals surface area contributed by atoms with Gasteiger partial charge in [-0.05, 0) is 58.4 Å². The van der Waals surface area contributed by atoms with E-state index in [-0.39, 0.29) is 10.8 Å². The molecule has 0 N–H and O–H groups in total. The van der Waals surface area contributed by atoms with Crippen LogP contribution in [-0.4, -0.2) is 9.52 Å². The molecule has 0 aromatic heterocycles. The van der Waals surface area contributed by atoms with Crippen LogP contribution in [-0.2, 0) is 10.8 Å². The van der Waals surface area contributed by atoms with E-state index in [0.717, 1.165) is 0 Å². The Morgan fingerprint density at radius 3 is 1.09 bits per heavy atom. The summed E-state index contributed by atoms with van der Waals surface area (Å²) in [6, 6.07) is 58.5. The van der Waals surface area contributed by atoms with Crippen LogP contribution in [0, 0.1) is 0 Å². The lowest BCUT2D eigenvalue weighted by molar-refractivity contribution is 0.744. The van der Waals surface area contributed by atoms with E-state index < -0.39 is 0 Å². The highest BCUT2D eigenvalue weighted by molar-refractivity contribution is 6.67. The minimum atomic E-state index is -0.268.